The zero-order valence-electron chi connectivity index (χ0n) is 18.1. The lowest BCUT2D eigenvalue weighted by Gasteiger charge is -2.33. The van der Waals surface area contributed by atoms with Crippen LogP contribution in [0.25, 0.3) is 0 Å². The number of unbranched alkanes of at least 4 members (excludes halogenated alkanes) is 7. The fourth-order valence-corrected chi connectivity index (χ4v) is 3.47. The van der Waals surface area contributed by atoms with E-state index in [9.17, 15) is 14.9 Å². The van der Waals surface area contributed by atoms with Crippen molar-refractivity contribution in [2.24, 2.45) is 0 Å². The van der Waals surface area contributed by atoms with Gasteiger partial charge in [-0.15, -0.1) is 10.1 Å². The van der Waals surface area contributed by atoms with Crippen LogP contribution in [0.5, 0.6) is 0 Å². The maximum Gasteiger partial charge on any atom is 0.294 e. The third kappa shape index (κ3) is 9.39. The Morgan fingerprint density at radius 3 is 2.30 bits per heavy atom. The zero-order valence-corrected chi connectivity index (χ0v) is 18.1. The summed E-state index contributed by atoms with van der Waals surface area (Å²) in [7, 11) is 2.12. The summed E-state index contributed by atoms with van der Waals surface area (Å²) >= 11 is 0. The second-order valence-electron chi connectivity index (χ2n) is 7.84. The molecule has 1 aromatic rings. The first-order valence-corrected chi connectivity index (χ1v) is 11.0. The number of likely N-dealkylation sites (N-methyl/N-ethyl adjacent to an activating group) is 1. The van der Waals surface area contributed by atoms with Crippen LogP contribution in [0.3, 0.4) is 0 Å². The molecule has 0 spiro atoms. The lowest BCUT2D eigenvalue weighted by Crippen LogP contribution is -2.44. The summed E-state index contributed by atoms with van der Waals surface area (Å²) in [6, 6.07) is 3.79. The van der Waals surface area contributed by atoms with Gasteiger partial charge in [0.25, 0.3) is 11.0 Å². The minimum absolute atomic E-state index is 0.0654. The van der Waals surface area contributed by atoms with E-state index in [1.807, 2.05) is 12.1 Å². The molecule has 0 aliphatic carbocycles. The molecule has 30 heavy (non-hydrogen) atoms. The Hall–Kier alpha value is -2.42. The van der Waals surface area contributed by atoms with Gasteiger partial charge in [0.05, 0.1) is 12.2 Å². The average molecular weight is 422 g/mol. The second-order valence-corrected chi connectivity index (χ2v) is 7.84. The van der Waals surface area contributed by atoms with Gasteiger partial charge in [-0.1, -0.05) is 38.5 Å². The number of amides is 1. The van der Waals surface area contributed by atoms with E-state index in [-0.39, 0.29) is 12.5 Å². The maximum absolute atomic E-state index is 12.3. The molecule has 1 aliphatic heterocycles. The van der Waals surface area contributed by atoms with E-state index in [0.717, 1.165) is 83.4 Å². The maximum atomic E-state index is 12.3. The number of pyridine rings is 1. The molecule has 1 fully saturated rings. The van der Waals surface area contributed by atoms with Crippen molar-refractivity contribution < 1.29 is 14.7 Å². The summed E-state index contributed by atoms with van der Waals surface area (Å²) in [5.41, 5.74) is 0.605. The highest BCUT2D eigenvalue weighted by Crippen LogP contribution is 2.14. The predicted molar refractivity (Wildman–Crippen MR) is 116 cm³/mol. The zero-order chi connectivity index (χ0) is 21.6. The third-order valence-electron chi connectivity index (χ3n) is 5.39. The van der Waals surface area contributed by atoms with E-state index in [1.165, 1.54) is 0 Å². The molecule has 168 valence electrons. The Labute approximate surface area is 178 Å². The van der Waals surface area contributed by atoms with Crippen LogP contribution < -0.4 is 10.2 Å². The van der Waals surface area contributed by atoms with Crippen LogP contribution in [-0.4, -0.2) is 67.3 Å². The topological polar surface area (TPSA) is 101 Å². The van der Waals surface area contributed by atoms with Crippen molar-refractivity contribution in [3.8, 4) is 0 Å². The number of anilines is 1. The van der Waals surface area contributed by atoms with E-state index in [4.69, 9.17) is 0 Å². The standard InChI is InChI=1S/C21H35N5O4/c1-24-13-15-25(16-14-24)20-11-10-19(18-23-20)21(27)22-12-8-6-4-2-3-5-7-9-17-30-26(28)29/h10-11,18H,2-9,12-17H2,1H3,(H,22,27). The molecule has 0 saturated carbocycles. The van der Waals surface area contributed by atoms with Crippen LogP contribution in [0, 0.1) is 10.1 Å². The van der Waals surface area contributed by atoms with Crippen LogP contribution in [0.1, 0.15) is 61.7 Å². The van der Waals surface area contributed by atoms with Crippen molar-refractivity contribution in [1.29, 1.82) is 0 Å². The first-order valence-electron chi connectivity index (χ1n) is 11.0. The fraction of sp³-hybridized carbons (Fsp3) is 0.714. The highest BCUT2D eigenvalue weighted by molar-refractivity contribution is 5.94. The summed E-state index contributed by atoms with van der Waals surface area (Å²) < 4.78 is 0. The Bertz CT molecular complexity index is 633. The molecule has 1 aliphatic rings. The van der Waals surface area contributed by atoms with Gasteiger partial charge in [0.1, 0.15) is 5.82 Å². The van der Waals surface area contributed by atoms with E-state index in [1.54, 1.807) is 6.20 Å². The molecule has 0 atom stereocenters. The SMILES string of the molecule is CN1CCN(c2ccc(C(=O)NCCCCCCCCCCO[N+](=O)[O-])cn2)CC1. The van der Waals surface area contributed by atoms with Gasteiger partial charge in [0, 0.05) is 38.9 Å². The number of piperazine rings is 1. The highest BCUT2D eigenvalue weighted by Gasteiger charge is 2.15. The normalized spacial score (nSPS) is 14.5. The molecule has 1 N–H and O–H groups in total. The molecule has 1 amide bonds. The monoisotopic (exact) mass is 421 g/mol. The number of nitrogens with zero attached hydrogens (tertiary/aromatic N) is 4. The molecule has 9 nitrogen and oxygen atoms in total. The Balaban J connectivity index is 1.48. The molecular weight excluding hydrogens is 386 g/mol. The number of hydrogen-bond acceptors (Lipinski definition) is 7. The first kappa shape index (κ1) is 23.9. The lowest BCUT2D eigenvalue weighted by molar-refractivity contribution is -0.757. The summed E-state index contributed by atoms with van der Waals surface area (Å²) in [5.74, 6) is 0.870. The molecule has 2 rings (SSSR count). The van der Waals surface area contributed by atoms with Gasteiger partial charge in [-0.05, 0) is 32.0 Å². The molecule has 0 bridgehead atoms. The third-order valence-corrected chi connectivity index (χ3v) is 5.39. The number of rotatable bonds is 14. The van der Waals surface area contributed by atoms with Crippen molar-refractivity contribution in [3.63, 3.8) is 0 Å². The summed E-state index contributed by atoms with van der Waals surface area (Å²) in [6.07, 6.45) is 9.93. The van der Waals surface area contributed by atoms with Crippen molar-refractivity contribution in [2.45, 2.75) is 51.4 Å². The van der Waals surface area contributed by atoms with Gasteiger partial charge >= 0.3 is 0 Å². The van der Waals surface area contributed by atoms with Gasteiger partial charge in [-0.25, -0.2) is 4.98 Å². The number of nitrogens with one attached hydrogen (secondary N) is 1. The number of carbonyl (C=O) groups is 1. The quantitative estimate of drug-likeness (QED) is 0.280. The molecule has 1 saturated heterocycles. The molecule has 1 aromatic heterocycles. The van der Waals surface area contributed by atoms with Crippen LogP contribution in [-0.2, 0) is 4.84 Å². The van der Waals surface area contributed by atoms with Crippen LogP contribution in [0.2, 0.25) is 0 Å². The van der Waals surface area contributed by atoms with E-state index in [2.05, 4.69) is 32.0 Å². The Morgan fingerprint density at radius 1 is 1.07 bits per heavy atom. The van der Waals surface area contributed by atoms with Crippen LogP contribution in [0.15, 0.2) is 18.3 Å². The Morgan fingerprint density at radius 2 is 1.70 bits per heavy atom. The number of aromatic nitrogens is 1. The smallest absolute Gasteiger partial charge is 0.294 e. The minimum Gasteiger partial charge on any atom is -0.354 e. The number of hydrogen-bond donors (Lipinski definition) is 1. The summed E-state index contributed by atoms with van der Waals surface area (Å²) in [5, 5.41) is 12.2. The summed E-state index contributed by atoms with van der Waals surface area (Å²) in [6.45, 7) is 4.86. The highest BCUT2D eigenvalue weighted by atomic mass is 16.9. The summed E-state index contributed by atoms with van der Waals surface area (Å²) in [4.78, 5) is 35.6. The van der Waals surface area contributed by atoms with E-state index >= 15 is 0 Å². The predicted octanol–water partition coefficient (Wildman–Crippen LogP) is 2.89. The minimum atomic E-state index is -0.737. The molecule has 9 heteroatoms. The first-order chi connectivity index (χ1) is 14.6. The van der Waals surface area contributed by atoms with Crippen molar-refractivity contribution >= 4 is 11.7 Å². The van der Waals surface area contributed by atoms with Gasteiger partial charge in [-0.2, -0.15) is 0 Å². The molecule has 2 heterocycles. The fourth-order valence-electron chi connectivity index (χ4n) is 3.47. The number of carbonyl (C=O) groups excluding carboxylic acids is 1. The van der Waals surface area contributed by atoms with Gasteiger partial charge in [0.15, 0.2) is 0 Å². The van der Waals surface area contributed by atoms with Crippen LogP contribution in [0.4, 0.5) is 5.82 Å². The van der Waals surface area contributed by atoms with Gasteiger partial charge in [0.2, 0.25) is 0 Å². The van der Waals surface area contributed by atoms with Crippen LogP contribution >= 0.6 is 0 Å². The lowest BCUT2D eigenvalue weighted by atomic mass is 10.1. The molecule has 0 unspecified atom stereocenters. The molecule has 0 aromatic carbocycles. The largest absolute Gasteiger partial charge is 0.354 e. The second kappa shape index (κ2) is 13.7. The average Bonchev–Trinajstić information content (AvgIpc) is 2.75. The Kier molecular flexibility index (Phi) is 10.9. The van der Waals surface area contributed by atoms with Crippen molar-refractivity contribution in [1.82, 2.24) is 15.2 Å². The van der Waals surface area contributed by atoms with Crippen molar-refractivity contribution in [3.05, 3.63) is 34.0 Å². The van der Waals surface area contributed by atoms with Gasteiger partial charge < -0.3 is 20.0 Å². The van der Waals surface area contributed by atoms with Gasteiger partial charge in [-0.3, -0.25) is 4.79 Å². The van der Waals surface area contributed by atoms with Crippen molar-refractivity contribution in [2.75, 3.05) is 51.3 Å². The molecule has 0 radical (unpaired) electrons. The molecular formula is C21H35N5O4. The van der Waals surface area contributed by atoms with E-state index in [0.29, 0.717) is 12.1 Å². The van der Waals surface area contributed by atoms with E-state index < -0.39 is 5.09 Å².